The quantitative estimate of drug-likeness (QED) is 0.278. The molecule has 0 saturated carbocycles. The predicted octanol–water partition coefficient (Wildman–Crippen LogP) is 4.06. The van der Waals surface area contributed by atoms with Crippen LogP contribution in [-0.4, -0.2) is 89.3 Å². The smallest absolute Gasteiger partial charge is 0.410 e. The Kier molecular flexibility index (Phi) is 13.2. The highest BCUT2D eigenvalue weighted by atomic mass is 16.6. The van der Waals surface area contributed by atoms with Crippen LogP contribution < -0.4 is 5.32 Å². The van der Waals surface area contributed by atoms with Crippen LogP contribution in [0.2, 0.25) is 0 Å². The maximum Gasteiger partial charge on any atom is 0.410 e. The topological polar surface area (TPSA) is 125 Å². The van der Waals surface area contributed by atoms with E-state index in [0.29, 0.717) is 5.57 Å². The molecule has 0 aliphatic carbocycles. The Balaban J connectivity index is 3.49. The van der Waals surface area contributed by atoms with Crippen LogP contribution in [0.25, 0.3) is 0 Å². The van der Waals surface area contributed by atoms with Crippen molar-refractivity contribution in [2.45, 2.75) is 104 Å². The molecule has 1 rings (SSSR count). The Morgan fingerprint density at radius 3 is 1.98 bits per heavy atom. The van der Waals surface area contributed by atoms with Gasteiger partial charge in [-0.2, -0.15) is 0 Å². The Bertz CT molecular complexity index is 1110. The molecule has 10 heteroatoms. The van der Waals surface area contributed by atoms with E-state index in [1.54, 1.807) is 47.7 Å². The third-order valence-electron chi connectivity index (χ3n) is 7.06. The van der Waals surface area contributed by atoms with Crippen molar-refractivity contribution in [1.29, 1.82) is 0 Å². The monoisotopic (exact) mass is 589 g/mol. The zero-order valence-electron chi connectivity index (χ0n) is 27.3. The maximum atomic E-state index is 14.0. The maximum absolute atomic E-state index is 14.0. The second-order valence-corrected chi connectivity index (χ2v) is 12.6. The highest BCUT2D eigenvalue weighted by molar-refractivity contribution is 5.93. The van der Waals surface area contributed by atoms with Crippen molar-refractivity contribution in [3.05, 3.63) is 47.5 Å². The highest BCUT2D eigenvalue weighted by Crippen LogP contribution is 2.31. The molecule has 0 spiro atoms. The first-order valence-corrected chi connectivity index (χ1v) is 14.4. The number of likely N-dealkylation sites (N-methyl/N-ethyl adjacent to an activating group) is 2. The molecule has 0 unspecified atom stereocenters. The van der Waals surface area contributed by atoms with Crippen LogP contribution in [0.1, 0.15) is 74.8 Å². The van der Waals surface area contributed by atoms with Crippen molar-refractivity contribution in [2.75, 3.05) is 20.7 Å². The fourth-order valence-corrected chi connectivity index (χ4v) is 4.76. The molecular weight excluding hydrogens is 538 g/mol. The van der Waals surface area contributed by atoms with Crippen LogP contribution in [0.5, 0.6) is 0 Å². The van der Waals surface area contributed by atoms with E-state index in [-0.39, 0.29) is 12.5 Å². The van der Waals surface area contributed by atoms with Crippen LogP contribution >= 0.6 is 0 Å². The van der Waals surface area contributed by atoms with Gasteiger partial charge in [0.2, 0.25) is 11.8 Å². The minimum atomic E-state index is -1.33. The molecule has 0 aliphatic rings. The number of aliphatic hydroxyl groups is 1. The molecule has 0 heterocycles. The van der Waals surface area contributed by atoms with Gasteiger partial charge < -0.3 is 24.8 Å². The van der Waals surface area contributed by atoms with Gasteiger partial charge in [-0.25, -0.2) is 9.59 Å². The van der Waals surface area contributed by atoms with Gasteiger partial charge in [0.1, 0.15) is 17.7 Å². The summed E-state index contributed by atoms with van der Waals surface area (Å²) in [6, 6.07) is 6.29. The lowest BCUT2D eigenvalue weighted by Gasteiger charge is -2.41. The lowest BCUT2D eigenvalue weighted by Crippen LogP contribution is -2.62. The van der Waals surface area contributed by atoms with Crippen molar-refractivity contribution < 1.29 is 33.8 Å². The number of carbonyl (C=O) groups excluding carboxylic acids is 4. The zero-order chi connectivity index (χ0) is 32.6. The molecule has 42 heavy (non-hydrogen) atoms. The molecule has 0 radical (unpaired) electrons. The van der Waals surface area contributed by atoms with E-state index in [2.05, 4.69) is 5.32 Å². The molecular formula is C32H51N3O7. The summed E-state index contributed by atoms with van der Waals surface area (Å²) in [5.74, 6) is -1.78. The molecule has 0 fully saturated rings. The van der Waals surface area contributed by atoms with Crippen LogP contribution in [0, 0.1) is 5.92 Å². The summed E-state index contributed by atoms with van der Waals surface area (Å²) >= 11 is 0. The summed E-state index contributed by atoms with van der Waals surface area (Å²) < 4.78 is 10.6. The van der Waals surface area contributed by atoms with E-state index in [0.717, 1.165) is 5.56 Å². The number of nitrogens with zero attached hydrogens (tertiary/aromatic N) is 2. The van der Waals surface area contributed by atoms with Gasteiger partial charge in [-0.05, 0) is 53.0 Å². The predicted molar refractivity (Wildman–Crippen MR) is 163 cm³/mol. The number of esters is 1. The minimum absolute atomic E-state index is 0.100. The van der Waals surface area contributed by atoms with E-state index >= 15 is 0 Å². The van der Waals surface area contributed by atoms with Gasteiger partial charge in [-0.15, -0.1) is 0 Å². The summed E-state index contributed by atoms with van der Waals surface area (Å²) in [6.45, 7) is 17.6. The van der Waals surface area contributed by atoms with E-state index in [1.165, 1.54) is 23.8 Å². The Hall–Kier alpha value is -3.40. The van der Waals surface area contributed by atoms with Crippen molar-refractivity contribution >= 4 is 23.9 Å². The van der Waals surface area contributed by atoms with Crippen molar-refractivity contribution in [2.24, 2.45) is 5.92 Å². The van der Waals surface area contributed by atoms with Gasteiger partial charge in [0.05, 0.1) is 18.8 Å². The number of nitrogens with one attached hydrogen (secondary N) is 1. The second kappa shape index (κ2) is 15.2. The van der Waals surface area contributed by atoms with Gasteiger partial charge in [0.15, 0.2) is 0 Å². The van der Waals surface area contributed by atoms with Crippen LogP contribution in [0.15, 0.2) is 42.0 Å². The number of aliphatic hydroxyl groups excluding tert-OH is 1. The van der Waals surface area contributed by atoms with E-state index in [4.69, 9.17) is 9.47 Å². The normalized spacial score (nSPS) is 15.2. The minimum Gasteiger partial charge on any atom is -0.463 e. The number of rotatable bonds is 12. The largest absolute Gasteiger partial charge is 0.463 e. The highest BCUT2D eigenvalue weighted by Gasteiger charge is 2.44. The third kappa shape index (κ3) is 9.86. The molecule has 0 saturated heterocycles. The standard InChI is InChI=1S/C32H51N3O7/c1-13-41-29(39)21(4)19-24(20(2)3)34(11)28(38)25(22(5)36)33-27(37)26(35(12)30(40)42-31(6,7)8)32(9,10)23-17-15-14-16-18-23/h14-20,22,24-26,36H,13H2,1-12H3,(H,33,37)/t22-,24+,25-,26+/m0/s1. The average molecular weight is 590 g/mol. The number of hydrogen-bond acceptors (Lipinski definition) is 7. The number of ether oxygens (including phenoxy) is 2. The van der Waals surface area contributed by atoms with Crippen LogP contribution in [0.3, 0.4) is 0 Å². The van der Waals surface area contributed by atoms with E-state index in [9.17, 15) is 24.3 Å². The fourth-order valence-electron chi connectivity index (χ4n) is 4.76. The average Bonchev–Trinajstić information content (AvgIpc) is 2.88. The molecule has 0 aliphatic heterocycles. The van der Waals surface area contributed by atoms with Crippen molar-refractivity contribution in [1.82, 2.24) is 15.1 Å². The molecule has 0 aromatic heterocycles. The Labute approximate surface area is 251 Å². The summed E-state index contributed by atoms with van der Waals surface area (Å²) in [4.78, 5) is 55.9. The molecule has 0 bridgehead atoms. The van der Waals surface area contributed by atoms with Gasteiger partial charge in [-0.3, -0.25) is 14.5 Å². The molecule has 236 valence electrons. The van der Waals surface area contributed by atoms with Crippen LogP contribution in [0.4, 0.5) is 4.79 Å². The molecule has 2 N–H and O–H groups in total. The zero-order valence-corrected chi connectivity index (χ0v) is 27.3. The third-order valence-corrected chi connectivity index (χ3v) is 7.06. The summed E-state index contributed by atoms with van der Waals surface area (Å²) in [5, 5.41) is 13.4. The Morgan fingerprint density at radius 1 is 0.976 bits per heavy atom. The summed E-state index contributed by atoms with van der Waals surface area (Å²) in [5.41, 5.74) is -0.589. The van der Waals surface area contributed by atoms with Gasteiger partial charge in [0, 0.05) is 25.1 Å². The van der Waals surface area contributed by atoms with Crippen LogP contribution in [-0.2, 0) is 29.3 Å². The van der Waals surface area contributed by atoms with E-state index in [1.807, 2.05) is 58.0 Å². The lowest BCUT2D eigenvalue weighted by atomic mass is 9.76. The fraction of sp³-hybridized carbons (Fsp3) is 0.625. The van der Waals surface area contributed by atoms with Gasteiger partial charge >= 0.3 is 12.1 Å². The molecule has 4 atom stereocenters. The number of amides is 3. The number of hydrogen-bond donors (Lipinski definition) is 2. The van der Waals surface area contributed by atoms with E-state index < -0.39 is 59.1 Å². The molecule has 1 aromatic rings. The SMILES string of the molecule is CCOC(=O)C(C)=C[C@H](C(C)C)N(C)C(=O)[C@@H](NC(=O)[C@@H](N(C)C(=O)OC(C)(C)C)C(C)(C)c1ccccc1)[C@H](C)O. The van der Waals surface area contributed by atoms with Crippen molar-refractivity contribution in [3.8, 4) is 0 Å². The van der Waals surface area contributed by atoms with Gasteiger partial charge in [-0.1, -0.05) is 64.1 Å². The second-order valence-electron chi connectivity index (χ2n) is 12.6. The first-order valence-electron chi connectivity index (χ1n) is 14.4. The summed E-state index contributed by atoms with van der Waals surface area (Å²) in [7, 11) is 3.04. The number of benzene rings is 1. The molecule has 10 nitrogen and oxygen atoms in total. The first-order chi connectivity index (χ1) is 19.3. The first kappa shape index (κ1) is 36.6. The summed E-state index contributed by atoms with van der Waals surface area (Å²) in [6.07, 6.45) is -0.318. The molecule has 3 amide bonds. The van der Waals surface area contributed by atoms with Gasteiger partial charge in [0.25, 0.3) is 0 Å². The lowest BCUT2D eigenvalue weighted by molar-refractivity contribution is -0.142. The number of carbonyl (C=O) groups is 4. The van der Waals surface area contributed by atoms with Crippen molar-refractivity contribution in [3.63, 3.8) is 0 Å². The molecule has 1 aromatic carbocycles. The Morgan fingerprint density at radius 2 is 1.52 bits per heavy atom.